The molecule has 22 heavy (non-hydrogen) atoms. The number of halogens is 1. The van der Waals surface area contributed by atoms with Crippen LogP contribution in [0.5, 0.6) is 0 Å². The summed E-state index contributed by atoms with van der Waals surface area (Å²) in [5, 5.41) is 19.0. The predicted octanol–water partition coefficient (Wildman–Crippen LogP) is 4.38. The molecule has 0 aliphatic heterocycles. The largest absolute Gasteiger partial charge is 0.416 e. The summed E-state index contributed by atoms with van der Waals surface area (Å²) >= 11 is 3.36. The van der Waals surface area contributed by atoms with E-state index in [0.717, 1.165) is 10.0 Å². The predicted molar refractivity (Wildman–Crippen MR) is 84.3 cm³/mol. The van der Waals surface area contributed by atoms with Crippen LogP contribution >= 0.6 is 15.9 Å². The summed E-state index contributed by atoms with van der Waals surface area (Å²) in [6.45, 7) is 1.68. The summed E-state index contributed by atoms with van der Waals surface area (Å²) in [5.41, 5.74) is 1.92. The number of nitrogens with zero attached hydrogens (tertiary/aromatic N) is 3. The molecule has 1 aromatic heterocycles. The minimum Gasteiger partial charge on any atom is -0.416 e. The van der Waals surface area contributed by atoms with Crippen LogP contribution in [0.3, 0.4) is 0 Å². The first-order chi connectivity index (χ1) is 10.5. The molecule has 0 unspecified atom stereocenters. The van der Waals surface area contributed by atoms with Crippen LogP contribution in [0.25, 0.3) is 22.9 Å². The number of hydrogen-bond acceptors (Lipinski definition) is 5. The first-order valence-corrected chi connectivity index (χ1v) is 7.19. The normalized spacial score (nSPS) is 10.6. The quantitative estimate of drug-likeness (QED) is 0.511. The van der Waals surface area contributed by atoms with Crippen molar-refractivity contribution in [3.8, 4) is 22.9 Å². The van der Waals surface area contributed by atoms with Gasteiger partial charge in [-0.25, -0.2) is 0 Å². The van der Waals surface area contributed by atoms with Crippen molar-refractivity contribution < 1.29 is 9.34 Å². The van der Waals surface area contributed by atoms with Crippen LogP contribution in [0.4, 0.5) is 5.69 Å². The number of nitro groups is 1. The Balaban J connectivity index is 1.99. The molecule has 0 saturated carbocycles. The molecule has 3 rings (SSSR count). The van der Waals surface area contributed by atoms with E-state index in [4.69, 9.17) is 4.42 Å². The average Bonchev–Trinajstić information content (AvgIpc) is 2.98. The third kappa shape index (κ3) is 2.75. The molecular weight excluding hydrogens is 350 g/mol. The minimum absolute atomic E-state index is 0.0286. The van der Waals surface area contributed by atoms with Gasteiger partial charge in [-0.15, -0.1) is 10.2 Å². The van der Waals surface area contributed by atoms with Gasteiger partial charge in [0.25, 0.3) is 5.69 Å². The second-order valence-corrected chi connectivity index (χ2v) is 5.59. The van der Waals surface area contributed by atoms with Crippen molar-refractivity contribution >= 4 is 21.6 Å². The summed E-state index contributed by atoms with van der Waals surface area (Å²) in [4.78, 5) is 10.6. The maximum atomic E-state index is 11.0. The van der Waals surface area contributed by atoms with Gasteiger partial charge < -0.3 is 4.42 Å². The molecule has 7 heteroatoms. The second-order valence-electron chi connectivity index (χ2n) is 4.68. The van der Waals surface area contributed by atoms with Crippen LogP contribution in [0.1, 0.15) is 5.56 Å². The van der Waals surface area contributed by atoms with Gasteiger partial charge in [0.05, 0.1) is 4.92 Å². The monoisotopic (exact) mass is 359 g/mol. The Morgan fingerprint density at radius 1 is 1.05 bits per heavy atom. The lowest BCUT2D eigenvalue weighted by Gasteiger charge is -1.99. The van der Waals surface area contributed by atoms with E-state index in [1.54, 1.807) is 19.1 Å². The highest BCUT2D eigenvalue weighted by Gasteiger charge is 2.16. The van der Waals surface area contributed by atoms with Gasteiger partial charge in [-0.1, -0.05) is 22.0 Å². The molecule has 2 aromatic carbocycles. The van der Waals surface area contributed by atoms with Crippen molar-refractivity contribution in [2.75, 3.05) is 0 Å². The first-order valence-electron chi connectivity index (χ1n) is 6.39. The zero-order chi connectivity index (χ0) is 15.7. The number of aryl methyl sites for hydroxylation is 1. The lowest BCUT2D eigenvalue weighted by atomic mass is 10.1. The number of hydrogen-bond donors (Lipinski definition) is 0. The molecule has 6 nitrogen and oxygen atoms in total. The Kier molecular flexibility index (Phi) is 3.72. The smallest absolute Gasteiger partial charge is 0.273 e. The van der Waals surface area contributed by atoms with Crippen LogP contribution in [0.2, 0.25) is 0 Å². The fourth-order valence-corrected chi connectivity index (χ4v) is 2.25. The summed E-state index contributed by atoms with van der Waals surface area (Å²) in [6, 6.07) is 12.3. The number of nitro benzene ring substituents is 1. The van der Waals surface area contributed by atoms with Crippen molar-refractivity contribution in [3.05, 3.63) is 62.6 Å². The number of aromatic nitrogens is 2. The van der Waals surface area contributed by atoms with Crippen LogP contribution in [-0.2, 0) is 0 Å². The summed E-state index contributed by atoms with van der Waals surface area (Å²) in [6.07, 6.45) is 0. The van der Waals surface area contributed by atoms with Gasteiger partial charge in [0.2, 0.25) is 11.8 Å². The molecule has 0 aliphatic carbocycles. The fraction of sp³-hybridized carbons (Fsp3) is 0.0667. The summed E-state index contributed by atoms with van der Waals surface area (Å²) in [7, 11) is 0. The number of benzene rings is 2. The molecule has 0 amide bonds. The molecule has 0 N–H and O–H groups in total. The van der Waals surface area contributed by atoms with Crippen LogP contribution in [0.15, 0.2) is 51.4 Å². The van der Waals surface area contributed by atoms with E-state index in [1.807, 2.05) is 24.3 Å². The lowest BCUT2D eigenvalue weighted by molar-refractivity contribution is -0.385. The molecule has 0 atom stereocenters. The van der Waals surface area contributed by atoms with Crippen molar-refractivity contribution in [3.63, 3.8) is 0 Å². The Morgan fingerprint density at radius 2 is 1.64 bits per heavy atom. The second kappa shape index (κ2) is 5.69. The van der Waals surface area contributed by atoms with E-state index in [9.17, 15) is 10.1 Å². The molecule has 3 aromatic rings. The van der Waals surface area contributed by atoms with Gasteiger partial charge in [-0.2, -0.15) is 0 Å². The van der Waals surface area contributed by atoms with Gasteiger partial charge in [-0.05, 0) is 37.3 Å². The van der Waals surface area contributed by atoms with Gasteiger partial charge in [0.15, 0.2) is 0 Å². The highest BCUT2D eigenvalue weighted by Crippen LogP contribution is 2.28. The topological polar surface area (TPSA) is 82.1 Å². The molecule has 0 aliphatic rings. The SMILES string of the molecule is Cc1ccc(-c2nnc(-c3ccc(Br)cc3)o2)cc1[N+](=O)[O-]. The first kappa shape index (κ1) is 14.4. The van der Waals surface area contributed by atoms with E-state index in [-0.39, 0.29) is 11.6 Å². The minimum atomic E-state index is -0.426. The third-order valence-corrected chi connectivity index (χ3v) is 3.70. The Labute approximate surface area is 134 Å². The van der Waals surface area contributed by atoms with Gasteiger partial charge >= 0.3 is 0 Å². The van der Waals surface area contributed by atoms with Crippen molar-refractivity contribution in [2.24, 2.45) is 0 Å². The fourth-order valence-electron chi connectivity index (χ4n) is 1.99. The van der Waals surface area contributed by atoms with Gasteiger partial charge in [-0.3, -0.25) is 10.1 Å². The van der Waals surface area contributed by atoms with E-state index >= 15 is 0 Å². The Hall–Kier alpha value is -2.54. The van der Waals surface area contributed by atoms with Crippen molar-refractivity contribution in [1.29, 1.82) is 0 Å². The van der Waals surface area contributed by atoms with E-state index in [2.05, 4.69) is 26.1 Å². The van der Waals surface area contributed by atoms with Crippen LogP contribution < -0.4 is 0 Å². The molecule has 0 spiro atoms. The maximum absolute atomic E-state index is 11.0. The van der Waals surface area contributed by atoms with Crippen LogP contribution in [0, 0.1) is 17.0 Å². The van der Waals surface area contributed by atoms with E-state index in [0.29, 0.717) is 17.0 Å². The Bertz CT molecular complexity index is 843. The number of rotatable bonds is 3. The van der Waals surface area contributed by atoms with Crippen molar-refractivity contribution in [1.82, 2.24) is 10.2 Å². The molecule has 0 fully saturated rings. The summed E-state index contributed by atoms with van der Waals surface area (Å²) in [5.74, 6) is 0.617. The standard InChI is InChI=1S/C15H10BrN3O3/c1-9-2-3-11(8-13(9)19(20)21)15-18-17-14(22-15)10-4-6-12(16)7-5-10/h2-8H,1H3. The summed E-state index contributed by atoms with van der Waals surface area (Å²) < 4.78 is 6.56. The lowest BCUT2D eigenvalue weighted by Crippen LogP contribution is -1.92. The van der Waals surface area contributed by atoms with E-state index < -0.39 is 4.92 Å². The van der Waals surface area contributed by atoms with Gasteiger partial charge in [0.1, 0.15) is 0 Å². The Morgan fingerprint density at radius 3 is 2.27 bits per heavy atom. The third-order valence-electron chi connectivity index (χ3n) is 3.17. The molecular formula is C15H10BrN3O3. The average molecular weight is 360 g/mol. The van der Waals surface area contributed by atoms with Crippen LogP contribution in [-0.4, -0.2) is 15.1 Å². The molecule has 110 valence electrons. The van der Waals surface area contributed by atoms with E-state index in [1.165, 1.54) is 6.07 Å². The zero-order valence-corrected chi connectivity index (χ0v) is 13.1. The van der Waals surface area contributed by atoms with Crippen molar-refractivity contribution in [2.45, 2.75) is 6.92 Å². The maximum Gasteiger partial charge on any atom is 0.273 e. The van der Waals surface area contributed by atoms with Gasteiger partial charge in [0, 0.05) is 27.2 Å². The highest BCUT2D eigenvalue weighted by atomic mass is 79.9. The zero-order valence-electron chi connectivity index (χ0n) is 11.5. The molecule has 0 bridgehead atoms. The molecule has 0 saturated heterocycles. The highest BCUT2D eigenvalue weighted by molar-refractivity contribution is 9.10. The molecule has 1 heterocycles. The molecule has 0 radical (unpaired) electrons.